The lowest BCUT2D eigenvalue weighted by Crippen LogP contribution is -2.38. The fourth-order valence-electron chi connectivity index (χ4n) is 3.63. The molecular weight excluding hydrogens is 616 g/mol. The maximum absolute atomic E-state index is 13.6. The first-order chi connectivity index (χ1) is 19.4. The van der Waals surface area contributed by atoms with Gasteiger partial charge in [0.05, 0.1) is 38.3 Å². The molecule has 4 rings (SSSR count). The zero-order valence-electron chi connectivity index (χ0n) is 21.2. The Morgan fingerprint density at radius 3 is 2.07 bits per heavy atom. The number of anilines is 3. The quantitative estimate of drug-likeness (QED) is 0.227. The molecule has 2 N–H and O–H groups in total. The smallest absolute Gasteiger partial charge is 0.264 e. The summed E-state index contributed by atoms with van der Waals surface area (Å²) in [5.74, 6) is -0.876. The van der Waals surface area contributed by atoms with E-state index in [1.54, 1.807) is 0 Å². The molecule has 0 aliphatic rings. The van der Waals surface area contributed by atoms with Gasteiger partial charge in [0.2, 0.25) is 5.91 Å². The van der Waals surface area contributed by atoms with Crippen molar-refractivity contribution in [3.8, 4) is 5.75 Å². The van der Waals surface area contributed by atoms with Crippen molar-refractivity contribution in [1.29, 1.82) is 0 Å². The third-order valence-electron chi connectivity index (χ3n) is 5.69. The van der Waals surface area contributed by atoms with Crippen molar-refractivity contribution in [2.75, 3.05) is 28.0 Å². The van der Waals surface area contributed by atoms with Crippen LogP contribution in [0.3, 0.4) is 0 Å². The highest BCUT2D eigenvalue weighted by atomic mass is 35.5. The Bertz CT molecular complexity index is 1770. The SMILES string of the molecule is COc1ccc(S(=O)(=O)N(CC(=O)Nc2ccc(S(=O)(=O)Nc3cccc(Cl)c3Cl)cc2)c2ccc(F)cc2)cc1. The van der Waals surface area contributed by atoms with E-state index in [-0.39, 0.29) is 36.9 Å². The van der Waals surface area contributed by atoms with Gasteiger partial charge in [-0.25, -0.2) is 21.2 Å². The number of sulfonamides is 2. The Kier molecular flexibility index (Phi) is 9.08. The number of halogens is 3. The van der Waals surface area contributed by atoms with Crippen molar-refractivity contribution >= 4 is 66.2 Å². The Morgan fingerprint density at radius 2 is 1.46 bits per heavy atom. The van der Waals surface area contributed by atoms with E-state index in [9.17, 15) is 26.0 Å². The van der Waals surface area contributed by atoms with E-state index < -0.39 is 38.3 Å². The fourth-order valence-corrected chi connectivity index (χ4v) is 6.53. The highest BCUT2D eigenvalue weighted by Crippen LogP contribution is 2.31. The maximum Gasteiger partial charge on any atom is 0.264 e. The summed E-state index contributed by atoms with van der Waals surface area (Å²) < 4.78 is 74.4. The molecule has 4 aromatic rings. The average molecular weight is 639 g/mol. The largest absolute Gasteiger partial charge is 0.497 e. The number of benzene rings is 4. The zero-order valence-corrected chi connectivity index (χ0v) is 24.4. The van der Waals surface area contributed by atoms with Crippen LogP contribution >= 0.6 is 23.2 Å². The van der Waals surface area contributed by atoms with Gasteiger partial charge in [-0.2, -0.15) is 0 Å². The van der Waals surface area contributed by atoms with Crippen molar-refractivity contribution in [3.63, 3.8) is 0 Å². The molecule has 0 aliphatic heterocycles. The van der Waals surface area contributed by atoms with Crippen LogP contribution in [-0.4, -0.2) is 36.4 Å². The monoisotopic (exact) mass is 637 g/mol. The van der Waals surface area contributed by atoms with E-state index in [0.717, 1.165) is 16.4 Å². The van der Waals surface area contributed by atoms with Crippen molar-refractivity contribution < 1.29 is 30.8 Å². The minimum Gasteiger partial charge on any atom is -0.497 e. The number of methoxy groups -OCH3 is 1. The molecular formula is C27H22Cl2FN3O6S2. The molecule has 214 valence electrons. The number of nitrogens with zero attached hydrogens (tertiary/aromatic N) is 1. The normalized spacial score (nSPS) is 11.5. The number of hydrogen-bond acceptors (Lipinski definition) is 6. The molecule has 14 heteroatoms. The lowest BCUT2D eigenvalue weighted by Gasteiger charge is -2.24. The van der Waals surface area contributed by atoms with Gasteiger partial charge < -0.3 is 10.1 Å². The summed E-state index contributed by atoms with van der Waals surface area (Å²) >= 11 is 12.0. The summed E-state index contributed by atoms with van der Waals surface area (Å²) in [7, 11) is -6.86. The molecule has 0 radical (unpaired) electrons. The molecule has 4 aromatic carbocycles. The Labute approximate surface area is 246 Å². The van der Waals surface area contributed by atoms with Crippen molar-refractivity contribution in [3.05, 3.63) is 107 Å². The Hall–Kier alpha value is -3.84. The van der Waals surface area contributed by atoms with Gasteiger partial charge in [-0.05, 0) is 84.9 Å². The van der Waals surface area contributed by atoms with Crippen LogP contribution in [0.2, 0.25) is 10.0 Å². The molecule has 0 aliphatic carbocycles. The summed E-state index contributed by atoms with van der Waals surface area (Å²) in [6.07, 6.45) is 0. The number of carbonyl (C=O) groups is 1. The lowest BCUT2D eigenvalue weighted by atomic mass is 10.3. The average Bonchev–Trinajstić information content (AvgIpc) is 2.95. The van der Waals surface area contributed by atoms with Crippen molar-refractivity contribution in [2.24, 2.45) is 0 Å². The van der Waals surface area contributed by atoms with Crippen LogP contribution in [0.4, 0.5) is 21.5 Å². The van der Waals surface area contributed by atoms with E-state index in [1.165, 1.54) is 86.0 Å². The molecule has 0 bridgehead atoms. The number of rotatable bonds is 10. The van der Waals surface area contributed by atoms with Crippen LogP contribution in [0.5, 0.6) is 5.75 Å². The highest BCUT2D eigenvalue weighted by Gasteiger charge is 2.27. The molecule has 0 aromatic heterocycles. The fraction of sp³-hybridized carbons (Fsp3) is 0.0741. The maximum atomic E-state index is 13.6. The third kappa shape index (κ3) is 7.09. The van der Waals surface area contributed by atoms with Gasteiger partial charge >= 0.3 is 0 Å². The molecule has 0 fully saturated rings. The molecule has 9 nitrogen and oxygen atoms in total. The summed E-state index contributed by atoms with van der Waals surface area (Å²) in [5, 5.41) is 2.76. The summed E-state index contributed by atoms with van der Waals surface area (Å²) in [6.45, 7) is -0.658. The van der Waals surface area contributed by atoms with Gasteiger partial charge in [0.25, 0.3) is 20.0 Å². The predicted molar refractivity (Wildman–Crippen MR) is 156 cm³/mol. The van der Waals surface area contributed by atoms with Gasteiger partial charge in [-0.1, -0.05) is 29.3 Å². The van der Waals surface area contributed by atoms with Gasteiger partial charge in [0.15, 0.2) is 0 Å². The van der Waals surface area contributed by atoms with E-state index in [4.69, 9.17) is 27.9 Å². The number of hydrogen-bond donors (Lipinski definition) is 2. The van der Waals surface area contributed by atoms with Gasteiger partial charge in [-0.15, -0.1) is 0 Å². The lowest BCUT2D eigenvalue weighted by molar-refractivity contribution is -0.114. The predicted octanol–water partition coefficient (Wildman–Crippen LogP) is 5.78. The zero-order chi connectivity index (χ0) is 29.8. The number of nitrogens with one attached hydrogen (secondary N) is 2. The number of carbonyl (C=O) groups excluding carboxylic acids is 1. The second-order valence-corrected chi connectivity index (χ2v) is 12.8. The summed E-state index contributed by atoms with van der Waals surface area (Å²) in [5.41, 5.74) is 0.357. The van der Waals surface area contributed by atoms with Gasteiger partial charge in [-0.3, -0.25) is 13.8 Å². The third-order valence-corrected chi connectivity index (χ3v) is 9.68. The number of amides is 1. The summed E-state index contributed by atoms with van der Waals surface area (Å²) in [4.78, 5) is 12.7. The van der Waals surface area contributed by atoms with Crippen LogP contribution < -0.4 is 19.1 Å². The second kappa shape index (κ2) is 12.4. The first kappa shape index (κ1) is 30.1. The molecule has 0 saturated carbocycles. The summed E-state index contributed by atoms with van der Waals surface area (Å²) in [6, 6.07) is 19.9. The molecule has 0 spiro atoms. The Balaban J connectivity index is 1.53. The number of ether oxygens (including phenoxy) is 1. The van der Waals surface area contributed by atoms with Crippen LogP contribution in [-0.2, 0) is 24.8 Å². The van der Waals surface area contributed by atoms with Crippen molar-refractivity contribution in [2.45, 2.75) is 9.79 Å². The van der Waals surface area contributed by atoms with Crippen molar-refractivity contribution in [1.82, 2.24) is 0 Å². The Morgan fingerprint density at radius 1 is 0.854 bits per heavy atom. The first-order valence-corrected chi connectivity index (χ1v) is 15.4. The minimum absolute atomic E-state index is 0.0388. The molecule has 0 unspecified atom stereocenters. The van der Waals surface area contributed by atoms with E-state index in [0.29, 0.717) is 5.75 Å². The first-order valence-electron chi connectivity index (χ1n) is 11.7. The minimum atomic E-state index is -4.26. The highest BCUT2D eigenvalue weighted by molar-refractivity contribution is 7.93. The van der Waals surface area contributed by atoms with Crippen LogP contribution in [0.15, 0.2) is 101 Å². The van der Waals surface area contributed by atoms with Gasteiger partial charge in [0.1, 0.15) is 18.1 Å². The van der Waals surface area contributed by atoms with E-state index in [2.05, 4.69) is 10.0 Å². The molecule has 0 saturated heterocycles. The van der Waals surface area contributed by atoms with E-state index >= 15 is 0 Å². The second-order valence-electron chi connectivity index (χ2n) is 8.44. The standard InChI is InChI=1S/C27H22Cl2FN3O6S2/c1-39-21-11-15-23(16-12-21)41(37,38)33(20-9-5-18(30)6-10-20)17-26(34)31-19-7-13-22(14-8-19)40(35,36)32-25-4-2-3-24(28)27(25)29/h2-16,32H,17H2,1H3,(H,31,34). The molecule has 41 heavy (non-hydrogen) atoms. The van der Waals surface area contributed by atoms with E-state index in [1.807, 2.05) is 0 Å². The van der Waals surface area contributed by atoms with Crippen LogP contribution in [0, 0.1) is 5.82 Å². The molecule has 1 amide bonds. The molecule has 0 heterocycles. The topological polar surface area (TPSA) is 122 Å². The van der Waals surface area contributed by atoms with Crippen LogP contribution in [0.25, 0.3) is 0 Å². The molecule has 0 atom stereocenters. The van der Waals surface area contributed by atoms with Crippen LogP contribution in [0.1, 0.15) is 0 Å². The van der Waals surface area contributed by atoms with Gasteiger partial charge in [0, 0.05) is 5.69 Å².